The van der Waals surface area contributed by atoms with Gasteiger partial charge in [0.1, 0.15) is 16.5 Å². The Kier molecular flexibility index (Phi) is 5.70. The van der Waals surface area contributed by atoms with Crippen molar-refractivity contribution in [2.45, 2.75) is 13.3 Å². The summed E-state index contributed by atoms with van der Waals surface area (Å²) in [5, 5.41) is 12.2. The molecule has 136 valence electrons. The number of hydrogen-bond acceptors (Lipinski definition) is 4. The molecule has 2 aromatic heterocycles. The van der Waals surface area contributed by atoms with Crippen LogP contribution in [0.25, 0.3) is 0 Å². The quantitative estimate of drug-likeness (QED) is 0.669. The highest BCUT2D eigenvalue weighted by molar-refractivity contribution is 6.42. The summed E-state index contributed by atoms with van der Waals surface area (Å²) in [7, 11) is 1.75. The zero-order chi connectivity index (χ0) is 18.7. The smallest absolute Gasteiger partial charge is 0.272 e. The number of aromatic nitrogens is 4. The van der Waals surface area contributed by atoms with E-state index in [2.05, 4.69) is 15.5 Å². The van der Waals surface area contributed by atoms with Crippen LogP contribution in [0.4, 0.5) is 0 Å². The van der Waals surface area contributed by atoms with Crippen molar-refractivity contribution in [3.8, 4) is 5.75 Å². The average molecular weight is 415 g/mol. The first-order valence-electron chi connectivity index (χ1n) is 7.50. The minimum atomic E-state index is -0.332. The molecular formula is C16H14Cl3N5O2. The Bertz CT molecular complexity index is 918. The van der Waals surface area contributed by atoms with Crippen LogP contribution in [-0.2, 0) is 20.3 Å². The van der Waals surface area contributed by atoms with Crippen LogP contribution in [0.5, 0.6) is 5.75 Å². The number of halogens is 3. The molecule has 1 aromatic carbocycles. The first-order valence-corrected chi connectivity index (χ1v) is 8.64. The summed E-state index contributed by atoms with van der Waals surface area (Å²) >= 11 is 18.0. The van der Waals surface area contributed by atoms with Crippen molar-refractivity contribution >= 4 is 40.7 Å². The first kappa shape index (κ1) is 18.6. The summed E-state index contributed by atoms with van der Waals surface area (Å²) in [6.07, 6.45) is 3.15. The second kappa shape index (κ2) is 7.99. The number of carbonyl (C=O) groups excluding carboxylic acids is 1. The summed E-state index contributed by atoms with van der Waals surface area (Å²) in [5.74, 6) is 0.105. The van der Waals surface area contributed by atoms with Gasteiger partial charge in [-0.15, -0.1) is 0 Å². The van der Waals surface area contributed by atoms with Gasteiger partial charge in [-0.3, -0.25) is 9.48 Å². The van der Waals surface area contributed by atoms with Crippen molar-refractivity contribution in [2.24, 2.45) is 7.05 Å². The molecule has 0 bridgehead atoms. The lowest BCUT2D eigenvalue weighted by Gasteiger charge is -2.08. The third-order valence-corrected chi connectivity index (χ3v) is 4.69. The van der Waals surface area contributed by atoms with Crippen molar-refractivity contribution in [3.05, 3.63) is 63.1 Å². The number of rotatable bonds is 6. The fourth-order valence-electron chi connectivity index (χ4n) is 2.18. The predicted octanol–water partition coefficient (Wildman–Crippen LogP) is 3.54. The van der Waals surface area contributed by atoms with Gasteiger partial charge in [0.15, 0.2) is 6.73 Å². The molecule has 0 unspecified atom stereocenters. The molecular weight excluding hydrogens is 401 g/mol. The number of benzene rings is 1. The maximum absolute atomic E-state index is 12.2. The number of nitrogens with one attached hydrogen (secondary N) is 1. The molecule has 7 nitrogen and oxygen atoms in total. The molecule has 0 spiro atoms. The first-order chi connectivity index (χ1) is 12.5. The Labute approximate surface area is 164 Å². The van der Waals surface area contributed by atoms with Gasteiger partial charge in [0.05, 0.1) is 28.5 Å². The molecule has 1 N–H and O–H groups in total. The summed E-state index contributed by atoms with van der Waals surface area (Å²) in [5.41, 5.74) is 0.961. The summed E-state index contributed by atoms with van der Waals surface area (Å²) < 4.78 is 8.65. The maximum Gasteiger partial charge on any atom is 0.272 e. The molecule has 0 aliphatic heterocycles. The molecule has 2 heterocycles. The predicted molar refractivity (Wildman–Crippen MR) is 98.7 cm³/mol. The molecule has 1 amide bonds. The lowest BCUT2D eigenvalue weighted by atomic mass is 10.3. The van der Waals surface area contributed by atoms with Crippen molar-refractivity contribution in [3.63, 3.8) is 0 Å². The average Bonchev–Trinajstić information content (AvgIpc) is 3.22. The van der Waals surface area contributed by atoms with Crippen LogP contribution in [-0.4, -0.2) is 25.5 Å². The largest absolute Gasteiger partial charge is 0.470 e. The Morgan fingerprint density at radius 3 is 2.77 bits per heavy atom. The maximum atomic E-state index is 12.2. The highest BCUT2D eigenvalue weighted by Crippen LogP contribution is 2.31. The van der Waals surface area contributed by atoms with Crippen LogP contribution >= 0.6 is 34.8 Å². The van der Waals surface area contributed by atoms with E-state index in [-0.39, 0.29) is 24.9 Å². The fraction of sp³-hybridized carbons (Fsp3) is 0.188. The van der Waals surface area contributed by atoms with Gasteiger partial charge < -0.3 is 10.1 Å². The van der Waals surface area contributed by atoms with Gasteiger partial charge in [0, 0.05) is 13.2 Å². The molecule has 3 aromatic rings. The molecule has 10 heteroatoms. The van der Waals surface area contributed by atoms with E-state index in [0.29, 0.717) is 26.5 Å². The summed E-state index contributed by atoms with van der Waals surface area (Å²) in [6.45, 7) is 0.330. The Balaban J connectivity index is 1.58. The normalized spacial score (nSPS) is 10.8. The third-order valence-electron chi connectivity index (χ3n) is 3.57. The van der Waals surface area contributed by atoms with Gasteiger partial charge in [-0.25, -0.2) is 4.68 Å². The molecule has 0 aliphatic carbocycles. The van der Waals surface area contributed by atoms with Crippen LogP contribution in [0.1, 0.15) is 16.2 Å². The molecule has 0 aliphatic rings. The molecule has 3 rings (SSSR count). The number of amides is 1. The fourth-order valence-corrected chi connectivity index (χ4v) is 2.75. The van der Waals surface area contributed by atoms with Crippen LogP contribution in [0.2, 0.25) is 15.1 Å². The summed E-state index contributed by atoms with van der Waals surface area (Å²) in [4.78, 5) is 12.2. The van der Waals surface area contributed by atoms with Crippen molar-refractivity contribution in [1.29, 1.82) is 0 Å². The standard InChI is InChI=1S/C16H14Cl3N5O2/c1-23-13(11(18)7-21-23)8-20-16(25)12-5-6-24(22-12)9-26-14-4-2-3-10(17)15(14)19/h2-7H,8-9H2,1H3,(H,20,25). The van der Waals surface area contributed by atoms with Gasteiger partial charge in [-0.1, -0.05) is 40.9 Å². The van der Waals surface area contributed by atoms with Gasteiger partial charge in [-0.05, 0) is 18.2 Å². The van der Waals surface area contributed by atoms with E-state index in [4.69, 9.17) is 39.5 Å². The minimum absolute atomic E-state index is 0.0842. The van der Waals surface area contributed by atoms with E-state index in [9.17, 15) is 4.79 Å². The zero-order valence-corrected chi connectivity index (χ0v) is 15.9. The molecule has 0 fully saturated rings. The van der Waals surface area contributed by atoms with Crippen molar-refractivity contribution in [2.75, 3.05) is 0 Å². The number of hydrogen-bond donors (Lipinski definition) is 1. The highest BCUT2D eigenvalue weighted by atomic mass is 35.5. The van der Waals surface area contributed by atoms with Crippen LogP contribution in [0.15, 0.2) is 36.7 Å². The second-order valence-corrected chi connectivity index (χ2v) is 6.50. The van der Waals surface area contributed by atoms with Crippen LogP contribution in [0.3, 0.4) is 0 Å². The SMILES string of the molecule is Cn1ncc(Cl)c1CNC(=O)c1ccn(COc2cccc(Cl)c2Cl)n1. The number of ether oxygens (including phenoxy) is 1. The number of nitrogens with zero attached hydrogens (tertiary/aromatic N) is 4. The van der Waals surface area contributed by atoms with E-state index >= 15 is 0 Å². The van der Waals surface area contributed by atoms with E-state index < -0.39 is 0 Å². The van der Waals surface area contributed by atoms with Crippen LogP contribution in [0, 0.1) is 0 Å². The summed E-state index contributed by atoms with van der Waals surface area (Å²) in [6, 6.07) is 6.68. The Morgan fingerprint density at radius 2 is 2.04 bits per heavy atom. The van der Waals surface area contributed by atoms with Crippen molar-refractivity contribution in [1.82, 2.24) is 24.9 Å². The van der Waals surface area contributed by atoms with E-state index in [1.54, 1.807) is 42.2 Å². The van der Waals surface area contributed by atoms with Gasteiger partial charge in [0.2, 0.25) is 0 Å². The monoisotopic (exact) mass is 413 g/mol. The van der Waals surface area contributed by atoms with Gasteiger partial charge >= 0.3 is 0 Å². The Hall–Kier alpha value is -2.22. The zero-order valence-electron chi connectivity index (χ0n) is 13.6. The number of aryl methyl sites for hydroxylation is 1. The Morgan fingerprint density at radius 1 is 1.23 bits per heavy atom. The number of carbonyl (C=O) groups is 1. The van der Waals surface area contributed by atoms with Gasteiger partial charge in [0.25, 0.3) is 5.91 Å². The molecule has 0 radical (unpaired) electrons. The molecule has 0 saturated carbocycles. The highest BCUT2D eigenvalue weighted by Gasteiger charge is 2.13. The molecule has 26 heavy (non-hydrogen) atoms. The minimum Gasteiger partial charge on any atom is -0.470 e. The topological polar surface area (TPSA) is 74.0 Å². The van der Waals surface area contributed by atoms with E-state index in [1.165, 1.54) is 10.9 Å². The van der Waals surface area contributed by atoms with Gasteiger partial charge in [-0.2, -0.15) is 10.2 Å². The molecule has 0 atom stereocenters. The van der Waals surface area contributed by atoms with E-state index in [0.717, 1.165) is 0 Å². The third kappa shape index (κ3) is 4.12. The van der Waals surface area contributed by atoms with Crippen LogP contribution < -0.4 is 10.1 Å². The van der Waals surface area contributed by atoms with E-state index in [1.807, 2.05) is 0 Å². The lowest BCUT2D eigenvalue weighted by Crippen LogP contribution is -2.25. The molecule has 0 saturated heterocycles. The second-order valence-electron chi connectivity index (χ2n) is 5.31. The lowest BCUT2D eigenvalue weighted by molar-refractivity contribution is 0.0943. The van der Waals surface area contributed by atoms with Crippen molar-refractivity contribution < 1.29 is 9.53 Å².